The number of carbonyl (C=O) groups is 1. The van der Waals surface area contributed by atoms with Gasteiger partial charge in [-0.3, -0.25) is 9.69 Å². The van der Waals surface area contributed by atoms with Crippen LogP contribution in [0.4, 0.5) is 0 Å². The monoisotopic (exact) mass is 320 g/mol. The van der Waals surface area contributed by atoms with E-state index in [1.54, 1.807) is 11.3 Å². The Morgan fingerprint density at radius 3 is 3.23 bits per heavy atom. The number of aromatic nitrogens is 2. The minimum atomic E-state index is -0.0498. The van der Waals surface area contributed by atoms with Gasteiger partial charge in [0.05, 0.1) is 17.5 Å². The van der Waals surface area contributed by atoms with Gasteiger partial charge in [-0.1, -0.05) is 24.1 Å². The fourth-order valence-electron chi connectivity index (χ4n) is 2.69. The highest BCUT2D eigenvalue weighted by atomic mass is 32.1. The van der Waals surface area contributed by atoms with Gasteiger partial charge in [0.2, 0.25) is 5.91 Å². The summed E-state index contributed by atoms with van der Waals surface area (Å²) in [5.74, 6) is 1.06. The molecule has 0 aromatic carbocycles. The van der Waals surface area contributed by atoms with Crippen LogP contribution in [0.2, 0.25) is 0 Å². The largest absolute Gasteiger partial charge is 0.347 e. The highest BCUT2D eigenvalue weighted by Crippen LogP contribution is 2.22. The molecule has 0 radical (unpaired) electrons. The van der Waals surface area contributed by atoms with E-state index in [2.05, 4.69) is 20.4 Å². The summed E-state index contributed by atoms with van der Waals surface area (Å²) in [5.41, 5.74) is 0. The first-order chi connectivity index (χ1) is 10.7. The van der Waals surface area contributed by atoms with Gasteiger partial charge in [-0.25, -0.2) is 0 Å². The molecular weight excluding hydrogens is 300 g/mol. The molecule has 2 aromatic heterocycles. The lowest BCUT2D eigenvalue weighted by molar-refractivity contribution is -0.126. The number of carbonyl (C=O) groups excluding carboxylic acids is 1. The van der Waals surface area contributed by atoms with Gasteiger partial charge in [-0.15, -0.1) is 11.3 Å². The summed E-state index contributed by atoms with van der Waals surface area (Å²) < 4.78 is 5.22. The zero-order valence-corrected chi connectivity index (χ0v) is 13.4. The Bertz CT molecular complexity index is 611. The van der Waals surface area contributed by atoms with Crippen molar-refractivity contribution < 1.29 is 9.32 Å². The molecule has 0 spiro atoms. The van der Waals surface area contributed by atoms with E-state index in [0.29, 0.717) is 18.3 Å². The fourth-order valence-corrected chi connectivity index (χ4v) is 3.34. The summed E-state index contributed by atoms with van der Waals surface area (Å²) in [7, 11) is 2.01. The van der Waals surface area contributed by atoms with Gasteiger partial charge in [0.25, 0.3) is 5.89 Å². The quantitative estimate of drug-likeness (QED) is 0.936. The van der Waals surface area contributed by atoms with E-state index >= 15 is 0 Å². The van der Waals surface area contributed by atoms with Crippen LogP contribution in [0.5, 0.6) is 0 Å². The first kappa shape index (κ1) is 15.2. The van der Waals surface area contributed by atoms with E-state index < -0.39 is 0 Å². The second kappa shape index (κ2) is 7.02. The minimum Gasteiger partial charge on any atom is -0.347 e. The number of rotatable bonds is 4. The van der Waals surface area contributed by atoms with E-state index in [0.717, 1.165) is 30.7 Å². The second-order valence-corrected chi connectivity index (χ2v) is 6.50. The molecule has 6 nitrogen and oxygen atoms in total. The normalized spacial score (nSPS) is 19.8. The van der Waals surface area contributed by atoms with Crippen molar-refractivity contribution in [1.29, 1.82) is 0 Å². The number of likely N-dealkylation sites (N-methyl/N-ethyl adjacent to an activating group) is 1. The van der Waals surface area contributed by atoms with Crippen LogP contribution in [0, 0.1) is 0 Å². The zero-order valence-electron chi connectivity index (χ0n) is 12.6. The summed E-state index contributed by atoms with van der Waals surface area (Å²) in [4.78, 5) is 19.7. The molecule has 1 fully saturated rings. The van der Waals surface area contributed by atoms with E-state index in [9.17, 15) is 4.79 Å². The molecule has 7 heteroatoms. The van der Waals surface area contributed by atoms with E-state index in [1.165, 1.54) is 6.42 Å². The molecular formula is C15H20N4O2S. The van der Waals surface area contributed by atoms with Gasteiger partial charge in [-0.05, 0) is 37.9 Å². The Kier molecular flexibility index (Phi) is 4.84. The van der Waals surface area contributed by atoms with Crippen molar-refractivity contribution in [1.82, 2.24) is 20.4 Å². The first-order valence-corrected chi connectivity index (χ1v) is 8.46. The van der Waals surface area contributed by atoms with Crippen LogP contribution in [0.25, 0.3) is 10.8 Å². The summed E-state index contributed by atoms with van der Waals surface area (Å²) in [6.07, 6.45) is 4.38. The molecule has 1 atom stereocenters. The van der Waals surface area contributed by atoms with Gasteiger partial charge in [0, 0.05) is 0 Å². The fraction of sp³-hybridized carbons (Fsp3) is 0.533. The third-order valence-electron chi connectivity index (χ3n) is 3.94. The molecule has 0 aliphatic carbocycles. The topological polar surface area (TPSA) is 71.3 Å². The molecule has 1 amide bonds. The summed E-state index contributed by atoms with van der Waals surface area (Å²) in [6, 6.07) is 3.82. The van der Waals surface area contributed by atoms with Crippen LogP contribution in [-0.2, 0) is 11.3 Å². The molecule has 0 saturated carbocycles. The number of nitrogens with zero attached hydrogens (tertiary/aromatic N) is 3. The maximum Gasteiger partial charge on any atom is 0.268 e. The molecule has 0 bridgehead atoms. The van der Waals surface area contributed by atoms with E-state index in [1.807, 2.05) is 24.6 Å². The van der Waals surface area contributed by atoms with E-state index in [4.69, 9.17) is 4.52 Å². The van der Waals surface area contributed by atoms with Crippen LogP contribution >= 0.6 is 11.3 Å². The molecule has 3 heterocycles. The zero-order chi connectivity index (χ0) is 15.4. The maximum atomic E-state index is 12.3. The molecule has 2 aromatic rings. The Morgan fingerprint density at radius 2 is 2.41 bits per heavy atom. The third kappa shape index (κ3) is 3.53. The van der Waals surface area contributed by atoms with Gasteiger partial charge in [0.15, 0.2) is 5.82 Å². The van der Waals surface area contributed by atoms with Crippen LogP contribution in [0.15, 0.2) is 22.0 Å². The van der Waals surface area contributed by atoms with Crippen LogP contribution in [-0.4, -0.2) is 40.6 Å². The van der Waals surface area contributed by atoms with Crippen molar-refractivity contribution in [3.05, 3.63) is 23.3 Å². The standard InChI is InChI=1S/C15H20N4O2S/c1-19-8-4-2-3-6-11(19)14(20)16-10-13-17-15(21-18-13)12-7-5-9-22-12/h5,7,9,11H,2-4,6,8,10H2,1H3,(H,16,20). The Labute approximate surface area is 133 Å². The summed E-state index contributed by atoms with van der Waals surface area (Å²) in [5, 5.41) is 8.80. The summed E-state index contributed by atoms with van der Waals surface area (Å²) >= 11 is 1.55. The van der Waals surface area contributed by atoms with Crippen molar-refractivity contribution >= 4 is 17.2 Å². The smallest absolute Gasteiger partial charge is 0.268 e. The third-order valence-corrected chi connectivity index (χ3v) is 4.80. The van der Waals surface area contributed by atoms with E-state index in [-0.39, 0.29) is 11.9 Å². The average Bonchev–Trinajstić information content (AvgIpc) is 3.15. The Hall–Kier alpha value is -1.73. The van der Waals surface area contributed by atoms with Crippen LogP contribution < -0.4 is 5.32 Å². The lowest BCUT2D eigenvalue weighted by Crippen LogP contribution is -2.44. The predicted molar refractivity (Wildman–Crippen MR) is 84.3 cm³/mol. The van der Waals surface area contributed by atoms with Crippen molar-refractivity contribution in [2.45, 2.75) is 38.3 Å². The highest BCUT2D eigenvalue weighted by Gasteiger charge is 2.24. The van der Waals surface area contributed by atoms with Crippen LogP contribution in [0.3, 0.4) is 0 Å². The van der Waals surface area contributed by atoms with Gasteiger partial charge >= 0.3 is 0 Å². The number of nitrogens with one attached hydrogen (secondary N) is 1. The minimum absolute atomic E-state index is 0.0480. The number of hydrogen-bond donors (Lipinski definition) is 1. The molecule has 1 N–H and O–H groups in total. The van der Waals surface area contributed by atoms with Crippen molar-refractivity contribution in [2.24, 2.45) is 0 Å². The number of likely N-dealkylation sites (tertiary alicyclic amines) is 1. The molecule has 1 unspecified atom stereocenters. The first-order valence-electron chi connectivity index (χ1n) is 7.58. The Balaban J connectivity index is 1.56. The highest BCUT2D eigenvalue weighted by molar-refractivity contribution is 7.13. The lowest BCUT2D eigenvalue weighted by Gasteiger charge is -2.24. The van der Waals surface area contributed by atoms with Crippen molar-refractivity contribution in [3.8, 4) is 10.8 Å². The van der Waals surface area contributed by atoms with Crippen molar-refractivity contribution in [3.63, 3.8) is 0 Å². The average molecular weight is 320 g/mol. The molecule has 22 heavy (non-hydrogen) atoms. The Morgan fingerprint density at radius 1 is 1.50 bits per heavy atom. The number of hydrogen-bond acceptors (Lipinski definition) is 6. The molecule has 3 rings (SSSR count). The lowest BCUT2D eigenvalue weighted by atomic mass is 10.1. The summed E-state index contributed by atoms with van der Waals surface area (Å²) in [6.45, 7) is 1.28. The van der Waals surface area contributed by atoms with Crippen molar-refractivity contribution in [2.75, 3.05) is 13.6 Å². The molecule has 1 aliphatic heterocycles. The maximum absolute atomic E-state index is 12.3. The SMILES string of the molecule is CN1CCCCCC1C(=O)NCc1noc(-c2cccs2)n1. The second-order valence-electron chi connectivity index (χ2n) is 5.56. The number of thiophene rings is 1. The van der Waals surface area contributed by atoms with Gasteiger partial charge < -0.3 is 9.84 Å². The van der Waals surface area contributed by atoms with Gasteiger partial charge in [0.1, 0.15) is 0 Å². The predicted octanol–water partition coefficient (Wildman–Crippen LogP) is 2.29. The van der Waals surface area contributed by atoms with Gasteiger partial charge in [-0.2, -0.15) is 4.98 Å². The number of amides is 1. The van der Waals surface area contributed by atoms with Crippen LogP contribution in [0.1, 0.15) is 31.5 Å². The molecule has 118 valence electrons. The molecule has 1 saturated heterocycles. The molecule has 1 aliphatic rings.